The molecule has 1 aromatic heterocycles. The van der Waals surface area contributed by atoms with Crippen molar-refractivity contribution in [1.82, 2.24) is 4.98 Å². The van der Waals surface area contributed by atoms with Crippen LogP contribution in [0.25, 0.3) is 22.4 Å². The van der Waals surface area contributed by atoms with Crippen molar-refractivity contribution in [2.24, 2.45) is 0 Å². The van der Waals surface area contributed by atoms with Crippen molar-refractivity contribution < 1.29 is 4.39 Å². The maximum Gasteiger partial charge on any atom is 0.126 e. The molecule has 0 amide bonds. The van der Waals surface area contributed by atoms with Crippen LogP contribution in [0.4, 0.5) is 4.39 Å². The van der Waals surface area contributed by atoms with Crippen LogP contribution in [0, 0.1) is 5.82 Å². The van der Waals surface area contributed by atoms with Crippen LogP contribution in [-0.4, -0.2) is 4.98 Å². The number of rotatable bonds is 3. The van der Waals surface area contributed by atoms with E-state index in [4.69, 9.17) is 0 Å². The van der Waals surface area contributed by atoms with Crippen molar-refractivity contribution in [1.29, 1.82) is 0 Å². The van der Waals surface area contributed by atoms with E-state index in [1.807, 2.05) is 42.6 Å². The van der Waals surface area contributed by atoms with E-state index in [2.05, 4.69) is 23.2 Å². The highest BCUT2D eigenvalue weighted by Crippen LogP contribution is 2.37. The molecule has 0 bridgehead atoms. The molecule has 1 aliphatic rings. The van der Waals surface area contributed by atoms with Crippen LogP contribution >= 0.6 is 0 Å². The highest BCUT2D eigenvalue weighted by Gasteiger charge is 2.20. The van der Waals surface area contributed by atoms with E-state index in [1.54, 1.807) is 6.07 Å². The van der Waals surface area contributed by atoms with Crippen molar-refractivity contribution in [2.45, 2.75) is 31.6 Å². The predicted molar refractivity (Wildman–Crippen MR) is 96.3 cm³/mol. The van der Waals surface area contributed by atoms with Gasteiger partial charge >= 0.3 is 0 Å². The van der Waals surface area contributed by atoms with Gasteiger partial charge in [0.1, 0.15) is 5.82 Å². The minimum absolute atomic E-state index is 0.0667. The summed E-state index contributed by atoms with van der Waals surface area (Å²) < 4.78 is 14.3. The number of nitrogens with zero attached hydrogens (tertiary/aromatic N) is 1. The largest absolute Gasteiger partial charge is 0.256 e. The molecule has 2 aromatic carbocycles. The van der Waals surface area contributed by atoms with Gasteiger partial charge in [-0.05, 0) is 59.7 Å². The van der Waals surface area contributed by atoms with Gasteiger partial charge in [0, 0.05) is 11.8 Å². The second kappa shape index (κ2) is 6.56. The molecule has 3 aromatic rings. The average Bonchev–Trinajstić information content (AvgIpc) is 3.17. The second-order valence-corrected chi connectivity index (χ2v) is 6.51. The zero-order valence-electron chi connectivity index (χ0n) is 13.6. The first-order chi connectivity index (χ1) is 11.8. The summed E-state index contributed by atoms with van der Waals surface area (Å²) in [4.78, 5) is 4.48. The standard InChI is InChI=1S/C22H20FN/c23-21-11-10-18(14-20(21)16-6-4-5-7-16)19-12-13-24-22(15-19)17-8-2-1-3-9-17/h1-3,8-16H,4-7H2. The number of pyridine rings is 1. The lowest BCUT2D eigenvalue weighted by atomic mass is 9.93. The van der Waals surface area contributed by atoms with Crippen LogP contribution in [0.1, 0.15) is 37.2 Å². The maximum atomic E-state index is 14.3. The molecule has 1 saturated carbocycles. The Labute approximate surface area is 142 Å². The van der Waals surface area contributed by atoms with Crippen LogP contribution in [-0.2, 0) is 0 Å². The molecule has 0 atom stereocenters. The van der Waals surface area contributed by atoms with Crippen molar-refractivity contribution in [3.63, 3.8) is 0 Å². The summed E-state index contributed by atoms with van der Waals surface area (Å²) >= 11 is 0. The molecule has 24 heavy (non-hydrogen) atoms. The summed E-state index contributed by atoms with van der Waals surface area (Å²) in [7, 11) is 0. The second-order valence-electron chi connectivity index (χ2n) is 6.51. The Kier molecular flexibility index (Phi) is 4.12. The van der Waals surface area contributed by atoms with E-state index in [0.717, 1.165) is 40.8 Å². The summed E-state index contributed by atoms with van der Waals surface area (Å²) in [6.07, 6.45) is 6.46. The molecule has 0 unspecified atom stereocenters. The molecular formula is C22H20FN. The maximum absolute atomic E-state index is 14.3. The monoisotopic (exact) mass is 317 g/mol. The van der Waals surface area contributed by atoms with Crippen molar-refractivity contribution in [3.8, 4) is 22.4 Å². The minimum Gasteiger partial charge on any atom is -0.256 e. The Morgan fingerprint density at radius 2 is 1.54 bits per heavy atom. The molecule has 0 spiro atoms. The molecule has 0 saturated heterocycles. The molecule has 120 valence electrons. The quantitative estimate of drug-likeness (QED) is 0.559. The third-order valence-electron chi connectivity index (χ3n) is 4.95. The van der Waals surface area contributed by atoms with E-state index in [0.29, 0.717) is 5.92 Å². The van der Waals surface area contributed by atoms with Crippen LogP contribution in [0.5, 0.6) is 0 Å². The lowest BCUT2D eigenvalue weighted by Crippen LogP contribution is -1.97. The first-order valence-corrected chi connectivity index (χ1v) is 8.62. The van der Waals surface area contributed by atoms with Crippen molar-refractivity contribution in [3.05, 3.63) is 78.2 Å². The van der Waals surface area contributed by atoms with Gasteiger partial charge < -0.3 is 0 Å². The van der Waals surface area contributed by atoms with Crippen molar-refractivity contribution >= 4 is 0 Å². The molecule has 2 heteroatoms. The fraction of sp³-hybridized carbons (Fsp3) is 0.227. The van der Waals surface area contributed by atoms with Crippen LogP contribution < -0.4 is 0 Å². The summed E-state index contributed by atoms with van der Waals surface area (Å²) in [5.74, 6) is 0.309. The smallest absolute Gasteiger partial charge is 0.126 e. The van der Waals surface area contributed by atoms with E-state index >= 15 is 0 Å². The van der Waals surface area contributed by atoms with Gasteiger partial charge in [0.25, 0.3) is 0 Å². The number of halogens is 1. The normalized spacial score (nSPS) is 14.9. The van der Waals surface area contributed by atoms with Crippen LogP contribution in [0.15, 0.2) is 66.9 Å². The summed E-state index contributed by atoms with van der Waals surface area (Å²) in [5, 5.41) is 0. The van der Waals surface area contributed by atoms with E-state index in [-0.39, 0.29) is 5.82 Å². The van der Waals surface area contributed by atoms with Crippen LogP contribution in [0.3, 0.4) is 0 Å². The van der Waals surface area contributed by atoms with Crippen molar-refractivity contribution in [2.75, 3.05) is 0 Å². The lowest BCUT2D eigenvalue weighted by molar-refractivity contribution is 0.580. The molecule has 4 rings (SSSR count). The molecular weight excluding hydrogens is 297 g/mol. The van der Waals surface area contributed by atoms with E-state index in [1.165, 1.54) is 12.8 Å². The van der Waals surface area contributed by atoms with Gasteiger partial charge in [0.2, 0.25) is 0 Å². The van der Waals surface area contributed by atoms with Gasteiger partial charge in [-0.15, -0.1) is 0 Å². The predicted octanol–water partition coefficient (Wildman–Crippen LogP) is 6.21. The molecule has 1 nitrogen and oxygen atoms in total. The molecule has 0 aliphatic heterocycles. The van der Waals surface area contributed by atoms with Gasteiger partial charge in [-0.3, -0.25) is 4.98 Å². The molecule has 1 aliphatic carbocycles. The van der Waals surface area contributed by atoms with Gasteiger partial charge in [-0.1, -0.05) is 49.2 Å². The molecule has 1 heterocycles. The summed E-state index contributed by atoms with van der Waals surface area (Å²) in [5.41, 5.74) is 5.07. The number of hydrogen-bond acceptors (Lipinski definition) is 1. The van der Waals surface area contributed by atoms with E-state index in [9.17, 15) is 4.39 Å². The Balaban J connectivity index is 1.72. The Hall–Kier alpha value is -2.48. The number of aromatic nitrogens is 1. The summed E-state index contributed by atoms with van der Waals surface area (Å²) in [6, 6.07) is 19.8. The summed E-state index contributed by atoms with van der Waals surface area (Å²) in [6.45, 7) is 0. The van der Waals surface area contributed by atoms with E-state index < -0.39 is 0 Å². The third kappa shape index (κ3) is 2.96. The zero-order valence-corrected chi connectivity index (χ0v) is 13.6. The lowest BCUT2D eigenvalue weighted by Gasteiger charge is -2.13. The average molecular weight is 317 g/mol. The first-order valence-electron chi connectivity index (χ1n) is 8.62. The van der Waals surface area contributed by atoms with Gasteiger partial charge in [0.05, 0.1) is 5.69 Å². The number of benzene rings is 2. The highest BCUT2D eigenvalue weighted by atomic mass is 19.1. The Morgan fingerprint density at radius 1 is 0.792 bits per heavy atom. The Bertz CT molecular complexity index is 836. The third-order valence-corrected chi connectivity index (χ3v) is 4.95. The first kappa shape index (κ1) is 15.1. The molecule has 0 N–H and O–H groups in total. The minimum atomic E-state index is -0.0667. The number of hydrogen-bond donors (Lipinski definition) is 0. The van der Waals surface area contributed by atoms with Crippen LogP contribution in [0.2, 0.25) is 0 Å². The van der Waals surface area contributed by atoms with Gasteiger partial charge in [0.15, 0.2) is 0 Å². The molecule has 1 fully saturated rings. The highest BCUT2D eigenvalue weighted by molar-refractivity contribution is 5.70. The fourth-order valence-electron chi connectivity index (χ4n) is 3.65. The zero-order chi connectivity index (χ0) is 16.4. The van der Waals surface area contributed by atoms with Gasteiger partial charge in [-0.2, -0.15) is 0 Å². The topological polar surface area (TPSA) is 12.9 Å². The SMILES string of the molecule is Fc1ccc(-c2ccnc(-c3ccccc3)c2)cc1C1CCCC1. The molecule has 0 radical (unpaired) electrons. The van der Waals surface area contributed by atoms with Gasteiger partial charge in [-0.25, -0.2) is 4.39 Å². The fourth-order valence-corrected chi connectivity index (χ4v) is 3.65. The Morgan fingerprint density at radius 3 is 2.33 bits per heavy atom.